The zero-order chi connectivity index (χ0) is 38.4. The van der Waals surface area contributed by atoms with Gasteiger partial charge in [0.15, 0.2) is 0 Å². The van der Waals surface area contributed by atoms with E-state index < -0.39 is 96.8 Å². The number of rotatable bonds is 21. The number of halogens is 13. The summed E-state index contributed by atoms with van der Waals surface area (Å²) >= 11 is 0. The average molecular weight is 776 g/mol. The summed E-state index contributed by atoms with van der Waals surface area (Å²) in [4.78, 5) is 24.2. The summed E-state index contributed by atoms with van der Waals surface area (Å²) in [6.07, 6.45) is -12.9. The normalized spacial score (nSPS) is 16.3. The Labute approximate surface area is 266 Å². The Morgan fingerprint density at radius 2 is 1.21 bits per heavy atom. The maximum absolute atomic E-state index is 14.7. The van der Waals surface area contributed by atoms with E-state index in [4.69, 9.17) is 19.0 Å². The van der Waals surface area contributed by atoms with Gasteiger partial charge in [0.2, 0.25) is 5.91 Å². The van der Waals surface area contributed by atoms with Crippen LogP contribution in [0, 0.1) is 0 Å². The van der Waals surface area contributed by atoms with Gasteiger partial charge >= 0.3 is 50.6 Å². The lowest BCUT2D eigenvalue weighted by atomic mass is 9.85. The van der Waals surface area contributed by atoms with Gasteiger partial charge in [-0.3, -0.25) is 9.35 Å². The molecule has 0 rings (SSSR count). The maximum atomic E-state index is 14.7. The minimum absolute atomic E-state index is 0.0303. The summed E-state index contributed by atoms with van der Waals surface area (Å²) in [5, 5.41) is -0.205. The third-order valence-corrected chi connectivity index (χ3v) is 11.0. The van der Waals surface area contributed by atoms with Gasteiger partial charge in [0, 0.05) is 38.8 Å². The Kier molecular flexibility index (Phi) is 15.1. The minimum Gasteiger partial charge on any atom is -0.374 e. The third kappa shape index (κ3) is 9.97. The molecule has 0 fully saturated rings. The van der Waals surface area contributed by atoms with Gasteiger partial charge in [-0.25, -0.2) is 4.79 Å². The molecular formula is C22H34F13N3O8SSi. The monoisotopic (exact) mass is 775 g/mol. The van der Waals surface area contributed by atoms with E-state index in [0.29, 0.717) is 0 Å². The molecule has 26 heteroatoms. The maximum Gasteiger partial charge on any atom is 0.500 e. The first kappa shape index (κ1) is 45.8. The van der Waals surface area contributed by atoms with Crippen molar-refractivity contribution in [1.82, 2.24) is 10.6 Å². The highest BCUT2D eigenvalue weighted by Gasteiger charge is 2.90. The van der Waals surface area contributed by atoms with Gasteiger partial charge in [0.05, 0.1) is 12.0 Å². The van der Waals surface area contributed by atoms with Crippen molar-refractivity contribution >= 4 is 30.9 Å². The van der Waals surface area contributed by atoms with Gasteiger partial charge in [-0.2, -0.15) is 65.5 Å². The van der Waals surface area contributed by atoms with Crippen molar-refractivity contribution in [1.29, 1.82) is 0 Å². The SMILES string of the molecule is CCO[Si](CCCNC(=O)NC(C)(CC(N)=O)C(CC(F)(F)C(F)(F)C(F)(F)C(F)(F)C(F)(F)C(F)(F)F)S(=O)(=O)O)(OCC)OCC. The Morgan fingerprint density at radius 3 is 1.56 bits per heavy atom. The number of carbonyl (C=O) groups excluding carboxylic acids is 2. The molecule has 0 aromatic rings. The predicted molar refractivity (Wildman–Crippen MR) is 140 cm³/mol. The van der Waals surface area contributed by atoms with E-state index in [0.717, 1.165) is 0 Å². The zero-order valence-electron chi connectivity index (χ0n) is 25.4. The van der Waals surface area contributed by atoms with Crippen LogP contribution in [0.5, 0.6) is 0 Å². The molecule has 286 valence electrons. The molecule has 0 radical (unpaired) electrons. The fourth-order valence-electron chi connectivity index (χ4n) is 4.23. The van der Waals surface area contributed by atoms with Crippen LogP contribution in [-0.2, 0) is 28.2 Å². The number of amides is 3. The summed E-state index contributed by atoms with van der Waals surface area (Å²) in [6, 6.07) is -1.58. The van der Waals surface area contributed by atoms with Gasteiger partial charge < -0.3 is 29.6 Å². The molecular weight excluding hydrogens is 741 g/mol. The molecule has 0 aliphatic rings. The molecule has 0 aliphatic carbocycles. The molecule has 0 spiro atoms. The quantitative estimate of drug-likeness (QED) is 0.0562. The van der Waals surface area contributed by atoms with E-state index in [2.05, 4.69) is 0 Å². The molecule has 0 saturated carbocycles. The number of hydrogen-bond acceptors (Lipinski definition) is 7. The van der Waals surface area contributed by atoms with Gasteiger partial charge in [-0.15, -0.1) is 0 Å². The molecule has 0 saturated heterocycles. The van der Waals surface area contributed by atoms with Crippen LogP contribution < -0.4 is 16.4 Å². The smallest absolute Gasteiger partial charge is 0.374 e. The number of carbonyl (C=O) groups is 2. The fraction of sp³-hybridized carbons (Fsp3) is 0.909. The van der Waals surface area contributed by atoms with Crippen LogP contribution in [0.3, 0.4) is 0 Å². The van der Waals surface area contributed by atoms with Crippen molar-refractivity contribution in [2.24, 2.45) is 5.73 Å². The number of hydrogen-bond donors (Lipinski definition) is 4. The van der Waals surface area contributed by atoms with Crippen molar-refractivity contribution < 1.29 is 92.9 Å². The molecule has 0 aromatic carbocycles. The van der Waals surface area contributed by atoms with Crippen molar-refractivity contribution in [3.8, 4) is 0 Å². The molecule has 11 nitrogen and oxygen atoms in total. The second kappa shape index (κ2) is 15.8. The summed E-state index contributed by atoms with van der Waals surface area (Å²) in [5.74, 6) is -41.2. The Bertz CT molecular complexity index is 1190. The van der Waals surface area contributed by atoms with E-state index in [9.17, 15) is 79.6 Å². The summed E-state index contributed by atoms with van der Waals surface area (Å²) in [5.41, 5.74) is 1.59. The molecule has 2 unspecified atom stereocenters. The van der Waals surface area contributed by atoms with E-state index in [1.54, 1.807) is 20.8 Å². The highest BCUT2D eigenvalue weighted by molar-refractivity contribution is 7.86. The molecule has 0 bridgehead atoms. The zero-order valence-corrected chi connectivity index (χ0v) is 27.3. The van der Waals surface area contributed by atoms with Crippen LogP contribution in [0.4, 0.5) is 61.9 Å². The highest BCUT2D eigenvalue weighted by Crippen LogP contribution is 2.61. The predicted octanol–water partition coefficient (Wildman–Crippen LogP) is 4.74. The summed E-state index contributed by atoms with van der Waals surface area (Å²) in [6.45, 7) is 5.12. The first-order valence-electron chi connectivity index (χ1n) is 13.5. The fourth-order valence-corrected chi connectivity index (χ4v) is 8.07. The van der Waals surface area contributed by atoms with Crippen LogP contribution in [0.1, 0.15) is 47.0 Å². The van der Waals surface area contributed by atoms with Crippen LogP contribution in [0.25, 0.3) is 0 Å². The lowest BCUT2D eigenvalue weighted by Crippen LogP contribution is -2.71. The Morgan fingerprint density at radius 1 is 0.792 bits per heavy atom. The third-order valence-electron chi connectivity index (χ3n) is 6.49. The summed E-state index contributed by atoms with van der Waals surface area (Å²) < 4.78 is 227. The Balaban J connectivity index is 6.52. The average Bonchev–Trinajstić information content (AvgIpc) is 2.88. The molecule has 2 atom stereocenters. The van der Waals surface area contributed by atoms with Gasteiger partial charge in [0.25, 0.3) is 10.1 Å². The van der Waals surface area contributed by atoms with Crippen molar-refractivity contribution in [2.75, 3.05) is 26.4 Å². The van der Waals surface area contributed by atoms with Crippen LogP contribution >= 0.6 is 0 Å². The standard InChI is InChI=1S/C22H34F13N3O8SSi/c1-5-44-48(45-6-2,46-7-3)10-8-9-37-15(40)38-16(4,12-14(36)39)13(47(41,42)43)11-17(23,24)18(25,26)19(27,28)20(29,30)21(31,32)22(33,34)35/h13H,5-12H2,1-4H3,(H2,36,39)(H2,37,38,40)(H,41,42,43). The molecule has 0 aliphatic heterocycles. The molecule has 48 heavy (non-hydrogen) atoms. The first-order valence-corrected chi connectivity index (χ1v) is 16.9. The van der Waals surface area contributed by atoms with E-state index in [-0.39, 0.29) is 39.2 Å². The molecule has 0 heterocycles. The van der Waals surface area contributed by atoms with Crippen molar-refractivity contribution in [3.63, 3.8) is 0 Å². The second-order valence-corrected chi connectivity index (χ2v) is 14.6. The molecule has 5 N–H and O–H groups in total. The minimum atomic E-state index is -8.28. The molecule has 3 amide bonds. The van der Waals surface area contributed by atoms with Gasteiger partial charge in [-0.05, 0) is 34.1 Å². The van der Waals surface area contributed by atoms with Gasteiger partial charge in [0.1, 0.15) is 5.25 Å². The van der Waals surface area contributed by atoms with E-state index >= 15 is 0 Å². The van der Waals surface area contributed by atoms with Crippen molar-refractivity contribution in [2.45, 2.75) is 99.6 Å². The van der Waals surface area contributed by atoms with E-state index in [1.807, 2.05) is 5.32 Å². The lowest BCUT2D eigenvalue weighted by Gasteiger charge is -2.42. The van der Waals surface area contributed by atoms with Crippen LogP contribution in [-0.4, -0.2) is 107 Å². The second-order valence-electron chi connectivity index (χ2n) is 10.2. The largest absolute Gasteiger partial charge is 0.500 e. The number of nitrogens with two attached hydrogens (primary N) is 1. The lowest BCUT2D eigenvalue weighted by molar-refractivity contribution is -0.440. The van der Waals surface area contributed by atoms with E-state index in [1.165, 1.54) is 5.32 Å². The number of urea groups is 1. The molecule has 0 aromatic heterocycles. The number of alkyl halides is 13. The summed E-state index contributed by atoms with van der Waals surface area (Å²) in [7, 11) is -9.67. The van der Waals surface area contributed by atoms with Crippen molar-refractivity contribution in [3.05, 3.63) is 0 Å². The van der Waals surface area contributed by atoms with Crippen LogP contribution in [0.15, 0.2) is 0 Å². The van der Waals surface area contributed by atoms with Gasteiger partial charge in [-0.1, -0.05) is 0 Å². The number of nitrogens with one attached hydrogen (secondary N) is 2. The number of primary amides is 1. The van der Waals surface area contributed by atoms with Crippen LogP contribution in [0.2, 0.25) is 6.04 Å². The Hall–Kier alpha value is -2.16. The highest BCUT2D eigenvalue weighted by atomic mass is 32.2. The first-order chi connectivity index (χ1) is 21.3. The topological polar surface area (TPSA) is 166 Å².